The number of amides is 1. The van der Waals surface area contributed by atoms with E-state index in [9.17, 15) is 23.2 Å². The SMILES string of the molecule is Cc1ccc2c(c1)OC1(CC[N+](C#N)(C(=O)C(F)(F)F)CC1)c1cccn1-2. The van der Waals surface area contributed by atoms with Crippen LogP contribution in [0.1, 0.15) is 24.1 Å². The van der Waals surface area contributed by atoms with Crippen molar-refractivity contribution in [2.45, 2.75) is 31.5 Å². The number of piperidine rings is 1. The van der Waals surface area contributed by atoms with E-state index in [1.54, 1.807) is 6.19 Å². The molecule has 4 rings (SSSR count). The molecule has 0 bridgehead atoms. The molecule has 3 heterocycles. The number of hydrogen-bond acceptors (Lipinski definition) is 3. The number of hydrogen-bond donors (Lipinski definition) is 0. The van der Waals surface area contributed by atoms with Gasteiger partial charge in [0.25, 0.3) is 0 Å². The van der Waals surface area contributed by atoms with Gasteiger partial charge in [0.2, 0.25) is 0 Å². The number of fused-ring (bicyclic) bond motifs is 4. The second kappa shape index (κ2) is 5.60. The van der Waals surface area contributed by atoms with Gasteiger partial charge in [-0.05, 0) is 36.8 Å². The topological polar surface area (TPSA) is 55.0 Å². The molecule has 1 amide bonds. The van der Waals surface area contributed by atoms with Crippen LogP contribution in [-0.2, 0) is 10.4 Å². The Hall–Kier alpha value is -2.79. The molecule has 2 aromatic rings. The standard InChI is InChI=1S/C19H17F3N3O2/c1-13-4-5-14-15(11-13)27-18(16-3-2-8-24(14)16)6-9-25(12-23,10-7-18)17(26)19(20,21)22/h2-5,8,11H,6-7,9-10H2,1H3/q+1. The smallest absolute Gasteiger partial charge is 0.478 e. The van der Waals surface area contributed by atoms with Crippen molar-refractivity contribution in [3.63, 3.8) is 0 Å². The Bertz CT molecular complexity index is 963. The second-order valence-corrected chi connectivity index (χ2v) is 7.15. The molecule has 0 atom stereocenters. The zero-order valence-electron chi connectivity index (χ0n) is 14.6. The lowest BCUT2D eigenvalue weighted by Crippen LogP contribution is -2.62. The Kier molecular flexibility index (Phi) is 3.65. The number of carbonyl (C=O) groups excluding carboxylic acids is 1. The summed E-state index contributed by atoms with van der Waals surface area (Å²) in [6, 6.07) is 9.52. The number of aryl methyl sites for hydroxylation is 1. The number of ether oxygens (including phenoxy) is 1. The van der Waals surface area contributed by atoms with E-state index in [0.717, 1.165) is 16.9 Å². The maximum atomic E-state index is 13.0. The van der Waals surface area contributed by atoms with Crippen molar-refractivity contribution in [1.82, 2.24) is 4.57 Å². The van der Waals surface area contributed by atoms with Crippen molar-refractivity contribution in [2.75, 3.05) is 13.1 Å². The number of aromatic nitrogens is 1. The molecular formula is C19H17F3N3O2+. The van der Waals surface area contributed by atoms with Crippen LogP contribution < -0.4 is 4.74 Å². The summed E-state index contributed by atoms with van der Waals surface area (Å²) in [5, 5.41) is 9.37. The van der Waals surface area contributed by atoms with Gasteiger partial charge in [-0.3, -0.25) is 0 Å². The fraction of sp³-hybridized carbons (Fsp3) is 0.368. The average Bonchev–Trinajstić information content (AvgIpc) is 3.12. The van der Waals surface area contributed by atoms with Crippen molar-refractivity contribution in [1.29, 1.82) is 5.26 Å². The molecule has 1 spiro atoms. The van der Waals surface area contributed by atoms with Crippen LogP contribution in [0.2, 0.25) is 0 Å². The Morgan fingerprint density at radius 1 is 1.30 bits per heavy atom. The minimum absolute atomic E-state index is 0.139. The van der Waals surface area contributed by atoms with E-state index in [2.05, 4.69) is 0 Å². The summed E-state index contributed by atoms with van der Waals surface area (Å²) < 4.78 is 45.9. The van der Waals surface area contributed by atoms with Gasteiger partial charge in [-0.15, -0.1) is 5.26 Å². The van der Waals surface area contributed by atoms with E-state index in [1.165, 1.54) is 0 Å². The maximum absolute atomic E-state index is 13.0. The largest absolute Gasteiger partial charge is 0.510 e. The number of carbonyl (C=O) groups is 1. The number of nitriles is 1. The first-order valence-corrected chi connectivity index (χ1v) is 8.59. The highest BCUT2D eigenvalue weighted by Gasteiger charge is 2.60. The molecule has 2 aliphatic rings. The Balaban J connectivity index is 1.72. The zero-order valence-corrected chi connectivity index (χ0v) is 14.6. The van der Waals surface area contributed by atoms with Gasteiger partial charge in [0.1, 0.15) is 18.8 Å². The molecule has 0 radical (unpaired) electrons. The molecule has 1 aromatic carbocycles. The summed E-state index contributed by atoms with van der Waals surface area (Å²) in [7, 11) is 0. The highest BCUT2D eigenvalue weighted by atomic mass is 19.4. The summed E-state index contributed by atoms with van der Waals surface area (Å²) in [6.07, 6.45) is -1.28. The minimum atomic E-state index is -5.04. The van der Waals surface area contributed by atoms with Crippen LogP contribution in [0.15, 0.2) is 36.5 Å². The van der Waals surface area contributed by atoms with Gasteiger partial charge in [-0.1, -0.05) is 6.07 Å². The Labute approximate surface area is 153 Å². The number of quaternary nitrogens is 1. The zero-order chi connectivity index (χ0) is 19.4. The molecule has 140 valence electrons. The van der Waals surface area contributed by atoms with Crippen LogP contribution in [0.4, 0.5) is 13.2 Å². The van der Waals surface area contributed by atoms with Crippen LogP contribution >= 0.6 is 0 Å². The van der Waals surface area contributed by atoms with Crippen LogP contribution in [0.25, 0.3) is 5.69 Å². The summed E-state index contributed by atoms with van der Waals surface area (Å²) in [6.45, 7) is 1.43. The van der Waals surface area contributed by atoms with Gasteiger partial charge in [-0.25, -0.2) is 4.79 Å². The summed E-state index contributed by atoms with van der Waals surface area (Å²) in [4.78, 5) is 11.9. The first kappa shape index (κ1) is 17.6. The van der Waals surface area contributed by atoms with Crippen LogP contribution in [-0.4, -0.2) is 34.2 Å². The van der Waals surface area contributed by atoms with Crippen LogP contribution in [0.5, 0.6) is 5.75 Å². The minimum Gasteiger partial charge on any atom is -0.478 e. The fourth-order valence-electron chi connectivity index (χ4n) is 4.06. The van der Waals surface area contributed by atoms with E-state index in [1.807, 2.05) is 48.0 Å². The van der Waals surface area contributed by atoms with Crippen LogP contribution in [0.3, 0.4) is 0 Å². The molecule has 0 saturated carbocycles. The molecule has 2 aliphatic heterocycles. The molecule has 5 nitrogen and oxygen atoms in total. The molecule has 1 fully saturated rings. The van der Waals surface area contributed by atoms with Gasteiger partial charge in [0.15, 0.2) is 5.60 Å². The quantitative estimate of drug-likeness (QED) is 0.522. The number of rotatable bonds is 0. The molecule has 8 heteroatoms. The lowest BCUT2D eigenvalue weighted by Gasteiger charge is -2.45. The number of halogens is 3. The molecular weight excluding hydrogens is 359 g/mol. The van der Waals surface area contributed by atoms with Gasteiger partial charge in [-0.2, -0.15) is 17.7 Å². The highest BCUT2D eigenvalue weighted by molar-refractivity contribution is 5.76. The number of likely N-dealkylation sites (tertiary alicyclic amines) is 1. The average molecular weight is 376 g/mol. The van der Waals surface area contributed by atoms with E-state index in [4.69, 9.17) is 4.74 Å². The number of benzene rings is 1. The van der Waals surface area contributed by atoms with Crippen molar-refractivity contribution in [3.05, 3.63) is 47.8 Å². The Morgan fingerprint density at radius 2 is 2.00 bits per heavy atom. The normalized spacial score (nSPS) is 26.6. The first-order chi connectivity index (χ1) is 12.7. The third-order valence-corrected chi connectivity index (χ3v) is 5.51. The van der Waals surface area contributed by atoms with Crippen molar-refractivity contribution in [2.24, 2.45) is 0 Å². The van der Waals surface area contributed by atoms with Crippen LogP contribution in [0, 0.1) is 18.4 Å². The fourth-order valence-corrected chi connectivity index (χ4v) is 4.06. The summed E-state index contributed by atoms with van der Waals surface area (Å²) >= 11 is 0. The lowest BCUT2D eigenvalue weighted by atomic mass is 9.85. The van der Waals surface area contributed by atoms with Gasteiger partial charge in [0, 0.05) is 19.0 Å². The predicted octanol–water partition coefficient (Wildman–Crippen LogP) is 3.55. The maximum Gasteiger partial charge on any atom is 0.510 e. The third-order valence-electron chi connectivity index (χ3n) is 5.51. The predicted molar refractivity (Wildman–Crippen MR) is 88.7 cm³/mol. The molecule has 0 N–H and O–H groups in total. The highest BCUT2D eigenvalue weighted by Crippen LogP contribution is 2.46. The molecule has 27 heavy (non-hydrogen) atoms. The van der Waals surface area contributed by atoms with E-state index in [0.29, 0.717) is 5.75 Å². The summed E-state index contributed by atoms with van der Waals surface area (Å²) in [5.41, 5.74) is 1.84. The van der Waals surface area contributed by atoms with Gasteiger partial charge >= 0.3 is 18.3 Å². The van der Waals surface area contributed by atoms with Crippen molar-refractivity contribution in [3.8, 4) is 17.6 Å². The van der Waals surface area contributed by atoms with Crippen molar-refractivity contribution >= 4 is 5.91 Å². The summed E-state index contributed by atoms with van der Waals surface area (Å²) in [5.74, 6) is -1.36. The number of nitrogens with zero attached hydrogens (tertiary/aromatic N) is 3. The molecule has 1 saturated heterocycles. The lowest BCUT2D eigenvalue weighted by molar-refractivity contribution is -0.804. The van der Waals surface area contributed by atoms with Gasteiger partial charge in [0.05, 0.1) is 11.4 Å². The van der Waals surface area contributed by atoms with E-state index in [-0.39, 0.29) is 25.9 Å². The van der Waals surface area contributed by atoms with Crippen molar-refractivity contribution < 1.29 is 27.2 Å². The first-order valence-electron chi connectivity index (χ1n) is 8.59. The molecule has 1 aromatic heterocycles. The monoisotopic (exact) mass is 376 g/mol. The second-order valence-electron chi connectivity index (χ2n) is 7.15. The molecule has 0 unspecified atom stereocenters. The Morgan fingerprint density at radius 3 is 2.63 bits per heavy atom. The van der Waals surface area contributed by atoms with E-state index >= 15 is 0 Å². The third kappa shape index (κ3) is 2.53. The molecule has 0 aliphatic carbocycles. The van der Waals surface area contributed by atoms with Gasteiger partial charge < -0.3 is 9.30 Å². The number of alkyl halides is 3. The van der Waals surface area contributed by atoms with E-state index < -0.39 is 22.2 Å².